The first kappa shape index (κ1) is 14.1. The molecule has 1 N–H and O–H groups in total. The summed E-state index contributed by atoms with van der Waals surface area (Å²) < 4.78 is 0. The topological polar surface area (TPSA) is 15.3 Å². The molecule has 1 aromatic carbocycles. The number of nitrogens with one attached hydrogen (secondary N) is 1. The highest BCUT2D eigenvalue weighted by atomic mass is 15.2. The van der Waals surface area contributed by atoms with Crippen LogP contribution in [0.3, 0.4) is 0 Å². The lowest BCUT2D eigenvalue weighted by Gasteiger charge is -2.45. The van der Waals surface area contributed by atoms with E-state index in [0.29, 0.717) is 5.54 Å². The van der Waals surface area contributed by atoms with Gasteiger partial charge in [0.25, 0.3) is 0 Å². The fraction of sp³-hybridized carbons (Fsp3) is 0.667. The Bertz CT molecular complexity index is 426. The Kier molecular flexibility index (Phi) is 4.13. The van der Waals surface area contributed by atoms with Crippen molar-refractivity contribution in [3.63, 3.8) is 0 Å². The molecule has 0 aliphatic carbocycles. The van der Waals surface area contributed by atoms with Crippen LogP contribution >= 0.6 is 0 Å². The van der Waals surface area contributed by atoms with Gasteiger partial charge < -0.3 is 5.32 Å². The van der Waals surface area contributed by atoms with Crippen molar-refractivity contribution in [3.8, 4) is 0 Å². The summed E-state index contributed by atoms with van der Waals surface area (Å²) in [7, 11) is 0. The molecule has 2 unspecified atom stereocenters. The van der Waals surface area contributed by atoms with Gasteiger partial charge >= 0.3 is 0 Å². The molecule has 2 fully saturated rings. The van der Waals surface area contributed by atoms with Crippen LogP contribution in [-0.2, 0) is 0 Å². The molecule has 2 aliphatic heterocycles. The number of hydrogen-bond donors (Lipinski definition) is 1. The van der Waals surface area contributed by atoms with Crippen LogP contribution < -0.4 is 5.32 Å². The van der Waals surface area contributed by atoms with Gasteiger partial charge in [-0.3, -0.25) is 4.90 Å². The van der Waals surface area contributed by atoms with Crippen molar-refractivity contribution in [1.29, 1.82) is 0 Å². The van der Waals surface area contributed by atoms with Gasteiger partial charge in [0.2, 0.25) is 0 Å². The number of piperidine rings is 2. The highest BCUT2D eigenvalue weighted by Gasteiger charge is 2.33. The van der Waals surface area contributed by atoms with E-state index in [9.17, 15) is 0 Å². The Hall–Kier alpha value is -0.860. The molecule has 0 aromatic heterocycles. The lowest BCUT2D eigenvalue weighted by Crippen LogP contribution is -2.54. The Balaban J connectivity index is 1.66. The van der Waals surface area contributed by atoms with E-state index < -0.39 is 0 Å². The first-order valence-corrected chi connectivity index (χ1v) is 8.18. The van der Waals surface area contributed by atoms with Crippen molar-refractivity contribution in [3.05, 3.63) is 35.9 Å². The summed E-state index contributed by atoms with van der Waals surface area (Å²) in [5, 5.41) is 3.64. The van der Waals surface area contributed by atoms with Gasteiger partial charge in [0.15, 0.2) is 0 Å². The molecule has 3 rings (SSSR count). The lowest BCUT2D eigenvalue weighted by atomic mass is 9.85. The molecule has 1 aromatic rings. The molecule has 2 aliphatic rings. The zero-order valence-electron chi connectivity index (χ0n) is 12.9. The van der Waals surface area contributed by atoms with Gasteiger partial charge in [0.05, 0.1) is 0 Å². The third-order valence-electron chi connectivity index (χ3n) is 5.07. The smallest absolute Gasteiger partial charge is 0.0140 e. The number of hydrogen-bond acceptors (Lipinski definition) is 2. The molecular formula is C18H28N2. The van der Waals surface area contributed by atoms with Crippen LogP contribution in [0.15, 0.2) is 30.3 Å². The number of rotatable bonds is 2. The monoisotopic (exact) mass is 272 g/mol. The predicted octanol–water partition coefficient (Wildman–Crippen LogP) is 3.40. The van der Waals surface area contributed by atoms with Crippen molar-refractivity contribution in [2.45, 2.75) is 57.0 Å². The van der Waals surface area contributed by atoms with E-state index in [1.807, 2.05) is 0 Å². The molecule has 2 atom stereocenters. The SMILES string of the molecule is CC1(C)CC(N2CCCC(c3ccccc3)C2)CCN1. The molecule has 0 bridgehead atoms. The molecule has 2 heterocycles. The van der Waals surface area contributed by atoms with Gasteiger partial charge in [-0.2, -0.15) is 0 Å². The largest absolute Gasteiger partial charge is 0.312 e. The Labute approximate surface area is 123 Å². The minimum atomic E-state index is 0.308. The average molecular weight is 272 g/mol. The van der Waals surface area contributed by atoms with Crippen LogP contribution in [0.4, 0.5) is 0 Å². The third kappa shape index (κ3) is 3.24. The quantitative estimate of drug-likeness (QED) is 0.887. The number of nitrogens with zero attached hydrogens (tertiary/aromatic N) is 1. The van der Waals surface area contributed by atoms with Gasteiger partial charge in [-0.25, -0.2) is 0 Å². The van der Waals surface area contributed by atoms with E-state index in [4.69, 9.17) is 0 Å². The van der Waals surface area contributed by atoms with Gasteiger partial charge in [-0.05, 0) is 64.1 Å². The normalized spacial score (nSPS) is 31.1. The summed E-state index contributed by atoms with van der Waals surface area (Å²) >= 11 is 0. The summed E-state index contributed by atoms with van der Waals surface area (Å²) in [4.78, 5) is 2.77. The molecule has 0 saturated carbocycles. The Morgan fingerprint density at radius 1 is 1.15 bits per heavy atom. The summed E-state index contributed by atoms with van der Waals surface area (Å²) in [6.07, 6.45) is 5.30. The Morgan fingerprint density at radius 3 is 2.70 bits per heavy atom. The van der Waals surface area contributed by atoms with Crippen molar-refractivity contribution < 1.29 is 0 Å². The van der Waals surface area contributed by atoms with E-state index in [1.165, 1.54) is 50.9 Å². The van der Waals surface area contributed by atoms with Crippen molar-refractivity contribution in [2.75, 3.05) is 19.6 Å². The van der Waals surface area contributed by atoms with Crippen LogP contribution in [0, 0.1) is 0 Å². The molecule has 110 valence electrons. The number of likely N-dealkylation sites (tertiary alicyclic amines) is 1. The maximum atomic E-state index is 3.64. The van der Waals surface area contributed by atoms with Gasteiger partial charge in [-0.15, -0.1) is 0 Å². The average Bonchev–Trinajstić information content (AvgIpc) is 2.47. The molecule has 0 spiro atoms. The molecule has 2 saturated heterocycles. The summed E-state index contributed by atoms with van der Waals surface area (Å²) in [6, 6.07) is 11.9. The maximum Gasteiger partial charge on any atom is 0.0140 e. The fourth-order valence-corrected chi connectivity index (χ4v) is 3.99. The van der Waals surface area contributed by atoms with Crippen LogP contribution in [0.5, 0.6) is 0 Å². The minimum Gasteiger partial charge on any atom is -0.312 e. The van der Waals surface area contributed by atoms with E-state index in [2.05, 4.69) is 54.4 Å². The van der Waals surface area contributed by atoms with Gasteiger partial charge in [-0.1, -0.05) is 30.3 Å². The zero-order chi connectivity index (χ0) is 14.0. The molecule has 0 amide bonds. The van der Waals surface area contributed by atoms with E-state index in [0.717, 1.165) is 12.0 Å². The van der Waals surface area contributed by atoms with Crippen molar-refractivity contribution in [2.24, 2.45) is 0 Å². The fourth-order valence-electron chi connectivity index (χ4n) is 3.99. The second-order valence-electron chi connectivity index (χ2n) is 7.20. The number of benzene rings is 1. The van der Waals surface area contributed by atoms with E-state index >= 15 is 0 Å². The van der Waals surface area contributed by atoms with E-state index in [-0.39, 0.29) is 0 Å². The molecule has 2 heteroatoms. The van der Waals surface area contributed by atoms with Gasteiger partial charge in [0.1, 0.15) is 0 Å². The Morgan fingerprint density at radius 2 is 1.95 bits per heavy atom. The summed E-state index contributed by atoms with van der Waals surface area (Å²) in [5.41, 5.74) is 1.84. The molecular weight excluding hydrogens is 244 g/mol. The maximum absolute atomic E-state index is 3.64. The minimum absolute atomic E-state index is 0.308. The van der Waals surface area contributed by atoms with Crippen LogP contribution in [0.2, 0.25) is 0 Å². The first-order valence-electron chi connectivity index (χ1n) is 8.18. The van der Waals surface area contributed by atoms with Crippen LogP contribution in [0.25, 0.3) is 0 Å². The molecule has 0 radical (unpaired) electrons. The molecule has 20 heavy (non-hydrogen) atoms. The first-order chi connectivity index (χ1) is 9.64. The standard InChI is InChI=1S/C18H28N2/c1-18(2)13-17(10-11-19-18)20-12-6-9-16(14-20)15-7-4-3-5-8-15/h3-5,7-8,16-17,19H,6,9-14H2,1-2H3. The van der Waals surface area contributed by atoms with Crippen LogP contribution in [0.1, 0.15) is 51.0 Å². The zero-order valence-corrected chi connectivity index (χ0v) is 12.9. The van der Waals surface area contributed by atoms with Gasteiger partial charge in [0, 0.05) is 18.1 Å². The van der Waals surface area contributed by atoms with Crippen LogP contribution in [-0.4, -0.2) is 36.1 Å². The third-order valence-corrected chi connectivity index (χ3v) is 5.07. The highest BCUT2D eigenvalue weighted by Crippen LogP contribution is 2.31. The van der Waals surface area contributed by atoms with Crippen molar-refractivity contribution in [1.82, 2.24) is 10.2 Å². The second kappa shape index (κ2) is 5.87. The van der Waals surface area contributed by atoms with Crippen molar-refractivity contribution >= 4 is 0 Å². The second-order valence-corrected chi connectivity index (χ2v) is 7.20. The highest BCUT2D eigenvalue weighted by molar-refractivity contribution is 5.20. The van der Waals surface area contributed by atoms with E-state index in [1.54, 1.807) is 0 Å². The summed E-state index contributed by atoms with van der Waals surface area (Å²) in [5.74, 6) is 0.739. The lowest BCUT2D eigenvalue weighted by molar-refractivity contribution is 0.0916. The molecule has 2 nitrogen and oxygen atoms in total. The summed E-state index contributed by atoms with van der Waals surface area (Å²) in [6.45, 7) is 8.41. The predicted molar refractivity (Wildman–Crippen MR) is 85.1 cm³/mol.